The zero-order valence-electron chi connectivity index (χ0n) is 15.1. The van der Waals surface area contributed by atoms with Crippen LogP contribution in [0.1, 0.15) is 71.1 Å². The molecule has 0 unspecified atom stereocenters. The van der Waals surface area contributed by atoms with Gasteiger partial charge in [-0.2, -0.15) is 0 Å². The standard InChI is InChI=1S/C19H36O5/c1-2-3-4-5-6-7-8-9-10-11-12-13-23-17(14-20)19-18(22)16(21)15-24-19/h12-13,16-22H,2-11,14-15H2,1H3/b13-12+/t16-,17+,18+,19+/m1/s1. The second-order valence-electron chi connectivity index (χ2n) is 6.70. The molecule has 5 heteroatoms. The van der Waals surface area contributed by atoms with Crippen LogP contribution >= 0.6 is 0 Å². The van der Waals surface area contributed by atoms with Crippen LogP contribution < -0.4 is 0 Å². The summed E-state index contributed by atoms with van der Waals surface area (Å²) in [5.41, 5.74) is 0. The molecule has 1 heterocycles. The first-order chi connectivity index (χ1) is 11.7. The van der Waals surface area contributed by atoms with Crippen molar-refractivity contribution in [2.24, 2.45) is 0 Å². The topological polar surface area (TPSA) is 79.2 Å². The van der Waals surface area contributed by atoms with Crippen LogP contribution in [0.4, 0.5) is 0 Å². The Morgan fingerprint density at radius 3 is 2.21 bits per heavy atom. The van der Waals surface area contributed by atoms with Gasteiger partial charge in [-0.3, -0.25) is 0 Å². The summed E-state index contributed by atoms with van der Waals surface area (Å²) in [6, 6.07) is 0. The van der Waals surface area contributed by atoms with Crippen molar-refractivity contribution in [3.63, 3.8) is 0 Å². The normalized spacial score (nSPS) is 25.4. The van der Waals surface area contributed by atoms with E-state index in [9.17, 15) is 15.3 Å². The predicted molar refractivity (Wildman–Crippen MR) is 94.7 cm³/mol. The molecule has 3 N–H and O–H groups in total. The van der Waals surface area contributed by atoms with Crippen molar-refractivity contribution >= 4 is 0 Å². The Kier molecular flexibility index (Phi) is 12.2. The SMILES string of the molecule is CCCCCCCCCCC/C=C/O[C@@H](CO)[C@@H]1OC[C@@H](O)[C@@H]1O. The van der Waals surface area contributed by atoms with Gasteiger partial charge in [0.15, 0.2) is 0 Å². The Balaban J connectivity index is 2.00. The van der Waals surface area contributed by atoms with Gasteiger partial charge in [-0.1, -0.05) is 58.3 Å². The average Bonchev–Trinajstić information content (AvgIpc) is 2.92. The molecular weight excluding hydrogens is 308 g/mol. The van der Waals surface area contributed by atoms with Gasteiger partial charge in [0.25, 0.3) is 0 Å². The fraction of sp³-hybridized carbons (Fsp3) is 0.895. The average molecular weight is 344 g/mol. The Morgan fingerprint density at radius 2 is 1.67 bits per heavy atom. The molecule has 0 radical (unpaired) electrons. The van der Waals surface area contributed by atoms with E-state index in [1.807, 2.05) is 6.08 Å². The van der Waals surface area contributed by atoms with Gasteiger partial charge >= 0.3 is 0 Å². The molecule has 0 aromatic rings. The molecule has 1 aliphatic rings. The van der Waals surface area contributed by atoms with Crippen molar-refractivity contribution in [3.05, 3.63) is 12.3 Å². The molecule has 142 valence electrons. The zero-order chi connectivity index (χ0) is 17.6. The van der Waals surface area contributed by atoms with Crippen LogP contribution in [0.5, 0.6) is 0 Å². The largest absolute Gasteiger partial charge is 0.493 e. The molecule has 24 heavy (non-hydrogen) atoms. The fourth-order valence-corrected chi connectivity index (χ4v) is 2.97. The molecule has 0 spiro atoms. The van der Waals surface area contributed by atoms with E-state index in [-0.39, 0.29) is 13.2 Å². The number of aliphatic hydroxyl groups excluding tert-OH is 3. The van der Waals surface area contributed by atoms with Gasteiger partial charge in [-0.15, -0.1) is 0 Å². The van der Waals surface area contributed by atoms with Crippen molar-refractivity contribution in [1.29, 1.82) is 0 Å². The highest BCUT2D eigenvalue weighted by atomic mass is 16.6. The molecule has 5 nitrogen and oxygen atoms in total. The third kappa shape index (κ3) is 8.47. The Bertz CT molecular complexity index is 321. The third-order valence-electron chi connectivity index (χ3n) is 4.56. The number of rotatable bonds is 14. The first-order valence-corrected chi connectivity index (χ1v) is 9.59. The van der Waals surface area contributed by atoms with E-state index in [2.05, 4.69) is 6.92 Å². The van der Waals surface area contributed by atoms with E-state index in [0.717, 1.165) is 12.8 Å². The van der Waals surface area contributed by atoms with E-state index in [1.54, 1.807) is 6.26 Å². The van der Waals surface area contributed by atoms with Crippen LogP contribution in [0.3, 0.4) is 0 Å². The summed E-state index contributed by atoms with van der Waals surface area (Å²) in [5.74, 6) is 0. The van der Waals surface area contributed by atoms with Crippen LogP contribution in [-0.2, 0) is 9.47 Å². The van der Waals surface area contributed by atoms with E-state index in [1.165, 1.54) is 51.4 Å². The summed E-state index contributed by atoms with van der Waals surface area (Å²) < 4.78 is 10.7. The Hall–Kier alpha value is -0.620. The minimum Gasteiger partial charge on any atom is -0.493 e. The molecule has 1 saturated heterocycles. The van der Waals surface area contributed by atoms with Gasteiger partial charge in [-0.25, -0.2) is 0 Å². The molecular formula is C19H36O5. The van der Waals surface area contributed by atoms with Crippen LogP contribution in [-0.4, -0.2) is 52.9 Å². The lowest BCUT2D eigenvalue weighted by molar-refractivity contribution is -0.0737. The van der Waals surface area contributed by atoms with Crippen molar-refractivity contribution in [2.75, 3.05) is 13.2 Å². The van der Waals surface area contributed by atoms with Crippen LogP contribution in [0.2, 0.25) is 0 Å². The van der Waals surface area contributed by atoms with Crippen LogP contribution in [0.25, 0.3) is 0 Å². The van der Waals surface area contributed by atoms with Crippen molar-refractivity contribution in [1.82, 2.24) is 0 Å². The molecule has 0 amide bonds. The van der Waals surface area contributed by atoms with Gasteiger partial charge in [0.1, 0.15) is 24.4 Å². The summed E-state index contributed by atoms with van der Waals surface area (Å²) in [6.07, 6.45) is 13.0. The summed E-state index contributed by atoms with van der Waals surface area (Å²) >= 11 is 0. The van der Waals surface area contributed by atoms with Crippen molar-refractivity contribution in [3.8, 4) is 0 Å². The van der Waals surface area contributed by atoms with Crippen LogP contribution in [0.15, 0.2) is 12.3 Å². The minimum atomic E-state index is -1.01. The first kappa shape index (κ1) is 21.4. The summed E-state index contributed by atoms with van der Waals surface area (Å²) in [6.45, 7) is 2.07. The van der Waals surface area contributed by atoms with Gasteiger partial charge in [-0.05, 0) is 18.9 Å². The smallest absolute Gasteiger partial charge is 0.149 e. The second-order valence-corrected chi connectivity index (χ2v) is 6.70. The summed E-state index contributed by atoms with van der Waals surface area (Å²) in [5, 5.41) is 28.6. The van der Waals surface area contributed by atoms with Gasteiger partial charge in [0.2, 0.25) is 0 Å². The molecule has 0 bridgehead atoms. The van der Waals surface area contributed by atoms with E-state index in [0.29, 0.717) is 0 Å². The van der Waals surface area contributed by atoms with Gasteiger partial charge in [0, 0.05) is 0 Å². The molecule has 4 atom stereocenters. The van der Waals surface area contributed by atoms with Crippen molar-refractivity contribution < 1.29 is 24.8 Å². The van der Waals surface area contributed by atoms with E-state index in [4.69, 9.17) is 9.47 Å². The molecule has 0 aromatic carbocycles. The minimum absolute atomic E-state index is 0.0772. The number of unbranched alkanes of at least 4 members (excludes halogenated alkanes) is 9. The highest BCUT2D eigenvalue weighted by Crippen LogP contribution is 2.19. The van der Waals surface area contributed by atoms with Gasteiger partial charge < -0.3 is 24.8 Å². The molecule has 1 rings (SSSR count). The predicted octanol–water partition coefficient (Wildman–Crippen LogP) is 2.92. The number of aliphatic hydroxyl groups is 3. The molecule has 1 aliphatic heterocycles. The lowest BCUT2D eigenvalue weighted by Crippen LogP contribution is -2.41. The highest BCUT2D eigenvalue weighted by molar-refractivity contribution is 4.90. The maximum atomic E-state index is 9.76. The summed E-state index contributed by atoms with van der Waals surface area (Å²) in [7, 11) is 0. The van der Waals surface area contributed by atoms with E-state index >= 15 is 0 Å². The third-order valence-corrected chi connectivity index (χ3v) is 4.56. The summed E-state index contributed by atoms with van der Waals surface area (Å²) in [4.78, 5) is 0. The Morgan fingerprint density at radius 1 is 1.04 bits per heavy atom. The molecule has 0 saturated carbocycles. The van der Waals surface area contributed by atoms with Gasteiger partial charge in [0.05, 0.1) is 19.5 Å². The number of ether oxygens (including phenoxy) is 2. The molecule has 1 fully saturated rings. The van der Waals surface area contributed by atoms with E-state index < -0.39 is 24.4 Å². The first-order valence-electron chi connectivity index (χ1n) is 9.59. The lowest BCUT2D eigenvalue weighted by atomic mass is 10.1. The number of allylic oxidation sites excluding steroid dienone is 1. The van der Waals surface area contributed by atoms with Crippen molar-refractivity contribution in [2.45, 2.75) is 95.5 Å². The Labute approximate surface area is 146 Å². The number of hydrogen-bond donors (Lipinski definition) is 3. The zero-order valence-corrected chi connectivity index (χ0v) is 15.1. The highest BCUT2D eigenvalue weighted by Gasteiger charge is 2.40. The second kappa shape index (κ2) is 13.6. The fourth-order valence-electron chi connectivity index (χ4n) is 2.97. The quantitative estimate of drug-likeness (QED) is 0.333. The maximum absolute atomic E-state index is 9.76. The molecule has 0 aromatic heterocycles. The number of hydrogen-bond acceptors (Lipinski definition) is 5. The monoisotopic (exact) mass is 344 g/mol. The maximum Gasteiger partial charge on any atom is 0.149 e. The lowest BCUT2D eigenvalue weighted by Gasteiger charge is -2.23. The van der Waals surface area contributed by atoms with Crippen LogP contribution in [0, 0.1) is 0 Å². The molecule has 0 aliphatic carbocycles.